The molecule has 1 aromatic carbocycles. The minimum atomic E-state index is -4.61. The zero-order chi connectivity index (χ0) is 12.5. The van der Waals surface area contributed by atoms with Crippen molar-refractivity contribution in [1.82, 2.24) is 0 Å². The smallest absolute Gasteiger partial charge is 0.293 e. The lowest BCUT2D eigenvalue weighted by Gasteiger charge is -2.10. The summed E-state index contributed by atoms with van der Waals surface area (Å²) < 4.78 is 50.1. The van der Waals surface area contributed by atoms with Crippen LogP contribution in [-0.4, -0.2) is 11.1 Å². The quantitative estimate of drug-likeness (QED) is 0.437. The lowest BCUT2D eigenvalue weighted by atomic mass is 10.1. The summed E-state index contributed by atoms with van der Waals surface area (Å²) in [6, 6.07) is 1.10. The number of hydrogen-bond acceptors (Lipinski definition) is 1. The Kier molecular flexibility index (Phi) is 4.12. The average Bonchev–Trinajstić information content (AvgIpc) is 2.19. The zero-order valence-corrected chi connectivity index (χ0v) is 10.7. The molecule has 0 aromatic heterocycles. The number of ketones is 1. The SMILES string of the molecule is O=C(CBr)c1cc(C(F)(F)F)cc(Br)c1F. The van der Waals surface area contributed by atoms with Crippen LogP contribution in [0.2, 0.25) is 0 Å². The highest BCUT2D eigenvalue weighted by Crippen LogP contribution is 2.33. The summed E-state index contributed by atoms with van der Waals surface area (Å²) in [4.78, 5) is 11.2. The third-order valence-corrected chi connectivity index (χ3v) is 2.86. The van der Waals surface area contributed by atoms with Gasteiger partial charge in [0, 0.05) is 0 Å². The lowest BCUT2D eigenvalue weighted by molar-refractivity contribution is -0.137. The van der Waals surface area contributed by atoms with Crippen LogP contribution in [-0.2, 0) is 6.18 Å². The molecule has 0 aliphatic carbocycles. The van der Waals surface area contributed by atoms with Crippen molar-refractivity contribution in [3.8, 4) is 0 Å². The molecule has 0 bridgehead atoms. The average molecular weight is 364 g/mol. The molecule has 0 saturated carbocycles. The van der Waals surface area contributed by atoms with E-state index >= 15 is 0 Å². The molecule has 0 saturated heterocycles. The van der Waals surface area contributed by atoms with E-state index in [1.807, 2.05) is 0 Å². The fraction of sp³-hybridized carbons (Fsp3) is 0.222. The molecular weight excluding hydrogens is 360 g/mol. The third kappa shape index (κ3) is 2.82. The second kappa shape index (κ2) is 4.83. The summed E-state index contributed by atoms with van der Waals surface area (Å²) in [6.45, 7) is 0. The van der Waals surface area contributed by atoms with Gasteiger partial charge in [0.2, 0.25) is 0 Å². The Hall–Kier alpha value is -0.430. The number of hydrogen-bond donors (Lipinski definition) is 0. The summed E-state index contributed by atoms with van der Waals surface area (Å²) >= 11 is 5.42. The first-order valence-electron chi connectivity index (χ1n) is 3.92. The number of alkyl halides is 4. The molecule has 0 aliphatic rings. The van der Waals surface area contributed by atoms with Crippen LogP contribution >= 0.6 is 31.9 Å². The minimum absolute atomic E-state index is 0.238. The molecule has 0 heterocycles. The Morgan fingerprint density at radius 2 is 1.88 bits per heavy atom. The summed E-state index contributed by atoms with van der Waals surface area (Å²) in [7, 11) is 0. The number of carbonyl (C=O) groups excluding carboxylic acids is 1. The Morgan fingerprint density at radius 3 is 2.31 bits per heavy atom. The van der Waals surface area contributed by atoms with Crippen molar-refractivity contribution >= 4 is 37.6 Å². The first-order valence-corrected chi connectivity index (χ1v) is 5.84. The summed E-state index contributed by atoms with van der Waals surface area (Å²) in [5.74, 6) is -1.73. The molecule has 0 spiro atoms. The number of carbonyl (C=O) groups is 1. The van der Waals surface area contributed by atoms with Crippen molar-refractivity contribution in [2.45, 2.75) is 6.18 Å². The van der Waals surface area contributed by atoms with E-state index < -0.39 is 28.9 Å². The van der Waals surface area contributed by atoms with Gasteiger partial charge >= 0.3 is 6.18 Å². The van der Waals surface area contributed by atoms with Crippen molar-refractivity contribution in [1.29, 1.82) is 0 Å². The zero-order valence-electron chi connectivity index (χ0n) is 7.54. The van der Waals surface area contributed by atoms with Gasteiger partial charge in [-0.25, -0.2) is 4.39 Å². The molecule has 16 heavy (non-hydrogen) atoms. The standard InChI is InChI=1S/C9H4Br2F4O/c10-3-7(16)5-1-4(9(13,14)15)2-6(11)8(5)12/h1-2H,3H2. The predicted molar refractivity (Wildman–Crippen MR) is 57.2 cm³/mol. The van der Waals surface area contributed by atoms with Gasteiger partial charge in [-0.05, 0) is 28.1 Å². The monoisotopic (exact) mass is 362 g/mol. The van der Waals surface area contributed by atoms with Crippen LogP contribution < -0.4 is 0 Å². The van der Waals surface area contributed by atoms with Gasteiger partial charge in [0.1, 0.15) is 5.82 Å². The van der Waals surface area contributed by atoms with E-state index in [1.54, 1.807) is 0 Å². The molecule has 88 valence electrons. The maximum Gasteiger partial charge on any atom is 0.416 e. The van der Waals surface area contributed by atoms with Gasteiger partial charge < -0.3 is 0 Å². The van der Waals surface area contributed by atoms with Crippen molar-refractivity contribution < 1.29 is 22.4 Å². The lowest BCUT2D eigenvalue weighted by Crippen LogP contribution is -2.10. The van der Waals surface area contributed by atoms with Gasteiger partial charge in [-0.15, -0.1) is 0 Å². The van der Waals surface area contributed by atoms with E-state index in [0.717, 1.165) is 0 Å². The first-order chi connectivity index (χ1) is 7.27. The Morgan fingerprint density at radius 1 is 1.31 bits per heavy atom. The molecule has 0 fully saturated rings. The highest BCUT2D eigenvalue weighted by molar-refractivity contribution is 9.10. The van der Waals surface area contributed by atoms with Crippen LogP contribution in [0.15, 0.2) is 16.6 Å². The van der Waals surface area contributed by atoms with E-state index in [0.29, 0.717) is 12.1 Å². The molecule has 0 radical (unpaired) electrons. The van der Waals surface area contributed by atoms with Crippen LogP contribution in [0, 0.1) is 5.82 Å². The van der Waals surface area contributed by atoms with Crippen LogP contribution in [0.4, 0.5) is 17.6 Å². The van der Waals surface area contributed by atoms with Crippen molar-refractivity contribution in [2.75, 3.05) is 5.33 Å². The molecule has 1 aromatic rings. The molecule has 1 nitrogen and oxygen atoms in total. The van der Waals surface area contributed by atoms with Crippen LogP contribution in [0.25, 0.3) is 0 Å². The largest absolute Gasteiger partial charge is 0.416 e. The predicted octanol–water partition coefficient (Wildman–Crippen LogP) is 4.18. The van der Waals surface area contributed by atoms with Gasteiger partial charge in [0.05, 0.1) is 20.9 Å². The molecular formula is C9H4Br2F4O. The number of rotatable bonds is 2. The Labute approximate surface area is 105 Å². The van der Waals surface area contributed by atoms with Gasteiger partial charge in [-0.3, -0.25) is 4.79 Å². The molecule has 0 atom stereocenters. The second-order valence-electron chi connectivity index (χ2n) is 2.87. The molecule has 1 rings (SSSR count). The molecule has 0 N–H and O–H groups in total. The Bertz CT molecular complexity index is 428. The number of halogens is 6. The second-order valence-corrected chi connectivity index (χ2v) is 4.29. The van der Waals surface area contributed by atoms with Crippen LogP contribution in [0.1, 0.15) is 15.9 Å². The minimum Gasteiger partial charge on any atom is -0.293 e. The van der Waals surface area contributed by atoms with E-state index in [2.05, 4.69) is 31.9 Å². The fourth-order valence-corrected chi connectivity index (χ4v) is 1.79. The topological polar surface area (TPSA) is 17.1 Å². The van der Waals surface area contributed by atoms with Crippen molar-refractivity contribution in [3.05, 3.63) is 33.5 Å². The van der Waals surface area contributed by atoms with Crippen molar-refractivity contribution in [2.24, 2.45) is 0 Å². The highest BCUT2D eigenvalue weighted by atomic mass is 79.9. The number of benzene rings is 1. The van der Waals surface area contributed by atoms with E-state index in [4.69, 9.17) is 0 Å². The van der Waals surface area contributed by atoms with E-state index in [9.17, 15) is 22.4 Å². The highest BCUT2D eigenvalue weighted by Gasteiger charge is 2.32. The van der Waals surface area contributed by atoms with Crippen molar-refractivity contribution in [3.63, 3.8) is 0 Å². The molecule has 0 amide bonds. The molecule has 7 heteroatoms. The Balaban J connectivity index is 3.39. The normalized spacial score (nSPS) is 11.6. The maximum atomic E-state index is 13.4. The number of Topliss-reactive ketones (excluding diaryl/α,β-unsaturated/α-hetero) is 1. The summed E-state index contributed by atoms with van der Waals surface area (Å²) in [5.41, 5.74) is -1.65. The summed E-state index contributed by atoms with van der Waals surface area (Å²) in [5, 5.41) is -0.238. The van der Waals surface area contributed by atoms with Gasteiger partial charge in [-0.2, -0.15) is 13.2 Å². The van der Waals surface area contributed by atoms with E-state index in [-0.39, 0.29) is 9.80 Å². The van der Waals surface area contributed by atoms with Gasteiger partial charge in [-0.1, -0.05) is 15.9 Å². The first kappa shape index (κ1) is 13.6. The van der Waals surface area contributed by atoms with Crippen LogP contribution in [0.5, 0.6) is 0 Å². The maximum absolute atomic E-state index is 13.4. The van der Waals surface area contributed by atoms with Gasteiger partial charge in [0.25, 0.3) is 0 Å². The van der Waals surface area contributed by atoms with Gasteiger partial charge in [0.15, 0.2) is 5.78 Å². The van der Waals surface area contributed by atoms with E-state index in [1.165, 1.54) is 0 Å². The van der Waals surface area contributed by atoms with Crippen LogP contribution in [0.3, 0.4) is 0 Å². The fourth-order valence-electron chi connectivity index (χ4n) is 1.03. The molecule has 0 unspecified atom stereocenters. The summed E-state index contributed by atoms with van der Waals surface area (Å²) in [6.07, 6.45) is -4.61. The molecule has 0 aliphatic heterocycles. The third-order valence-electron chi connectivity index (χ3n) is 1.78.